The van der Waals surface area contributed by atoms with Crippen LogP contribution >= 0.6 is 0 Å². The molecule has 4 nitrogen and oxygen atoms in total. The summed E-state index contributed by atoms with van der Waals surface area (Å²) in [4.78, 5) is 10.9. The van der Waals surface area contributed by atoms with E-state index in [1.54, 1.807) is 18.2 Å². The molecule has 0 spiro atoms. The number of hydrogen-bond donors (Lipinski definition) is 2. The quantitative estimate of drug-likeness (QED) is 0.827. The van der Waals surface area contributed by atoms with Crippen molar-refractivity contribution in [1.29, 1.82) is 0 Å². The second-order valence-electron chi connectivity index (χ2n) is 5.19. The minimum absolute atomic E-state index is 0.0635. The van der Waals surface area contributed by atoms with E-state index in [1.165, 1.54) is 0 Å². The number of benzene rings is 1. The Kier molecular flexibility index (Phi) is 4.56. The Bertz CT molecular complexity index is 439. The van der Waals surface area contributed by atoms with E-state index in [4.69, 9.17) is 9.84 Å². The highest BCUT2D eigenvalue weighted by molar-refractivity contribution is 5.87. The molecule has 2 rings (SSSR count). The first-order valence-electron chi connectivity index (χ1n) is 6.80. The van der Waals surface area contributed by atoms with Gasteiger partial charge in [-0.25, -0.2) is 4.79 Å². The third kappa shape index (κ3) is 3.55. The maximum absolute atomic E-state index is 10.9. The predicted molar refractivity (Wildman–Crippen MR) is 73.3 cm³/mol. The second kappa shape index (κ2) is 6.17. The van der Waals surface area contributed by atoms with Crippen LogP contribution in [0.1, 0.15) is 42.1 Å². The third-order valence-corrected chi connectivity index (χ3v) is 3.67. The zero-order valence-corrected chi connectivity index (χ0v) is 11.3. The van der Waals surface area contributed by atoms with E-state index in [1.807, 2.05) is 6.07 Å². The Labute approximate surface area is 113 Å². The van der Waals surface area contributed by atoms with Crippen LogP contribution in [-0.2, 0) is 11.3 Å². The molecule has 0 radical (unpaired) electrons. The molecule has 1 saturated heterocycles. The fraction of sp³-hybridized carbons (Fsp3) is 0.533. The van der Waals surface area contributed by atoms with Gasteiger partial charge in [-0.3, -0.25) is 0 Å². The summed E-state index contributed by atoms with van der Waals surface area (Å²) in [5, 5.41) is 12.5. The molecule has 0 bridgehead atoms. The monoisotopic (exact) mass is 263 g/mol. The summed E-state index contributed by atoms with van der Waals surface area (Å²) in [6.45, 7) is 4.42. The van der Waals surface area contributed by atoms with E-state index in [0.29, 0.717) is 12.1 Å². The number of hydrogen-bond acceptors (Lipinski definition) is 3. The van der Waals surface area contributed by atoms with Crippen molar-refractivity contribution in [3.05, 3.63) is 35.4 Å². The Hall–Kier alpha value is -1.39. The van der Waals surface area contributed by atoms with Crippen LogP contribution in [0.4, 0.5) is 0 Å². The van der Waals surface area contributed by atoms with Gasteiger partial charge in [0.1, 0.15) is 0 Å². The van der Waals surface area contributed by atoms with Crippen LogP contribution in [0.15, 0.2) is 24.3 Å². The van der Waals surface area contributed by atoms with Crippen molar-refractivity contribution in [1.82, 2.24) is 5.32 Å². The van der Waals surface area contributed by atoms with Gasteiger partial charge in [0, 0.05) is 18.7 Å². The minimum atomic E-state index is -0.880. The van der Waals surface area contributed by atoms with Gasteiger partial charge in [-0.15, -0.1) is 0 Å². The Morgan fingerprint density at radius 2 is 2.37 bits per heavy atom. The molecule has 0 aliphatic carbocycles. The molecule has 2 N–H and O–H groups in total. The van der Waals surface area contributed by atoms with Crippen molar-refractivity contribution in [3.8, 4) is 0 Å². The van der Waals surface area contributed by atoms with Crippen LogP contribution < -0.4 is 5.32 Å². The number of carboxylic acids is 1. The largest absolute Gasteiger partial charge is 0.478 e. The molecule has 19 heavy (non-hydrogen) atoms. The average molecular weight is 263 g/mol. The maximum Gasteiger partial charge on any atom is 0.335 e. The van der Waals surface area contributed by atoms with E-state index in [9.17, 15) is 4.79 Å². The summed E-state index contributed by atoms with van der Waals surface area (Å²) >= 11 is 0. The van der Waals surface area contributed by atoms with Gasteiger partial charge in [0.2, 0.25) is 0 Å². The molecule has 4 heteroatoms. The van der Waals surface area contributed by atoms with Gasteiger partial charge in [-0.1, -0.05) is 25.5 Å². The van der Waals surface area contributed by atoms with Crippen LogP contribution in [0, 0.1) is 0 Å². The van der Waals surface area contributed by atoms with Gasteiger partial charge in [0.25, 0.3) is 0 Å². The van der Waals surface area contributed by atoms with Crippen molar-refractivity contribution in [2.24, 2.45) is 0 Å². The summed E-state index contributed by atoms with van der Waals surface area (Å²) in [5.74, 6) is -0.880. The molecule has 1 heterocycles. The summed E-state index contributed by atoms with van der Waals surface area (Å²) in [6, 6.07) is 7.09. The Morgan fingerprint density at radius 1 is 1.53 bits per heavy atom. The first kappa shape index (κ1) is 14.0. The number of carboxylic acid groups (broad SMARTS) is 1. The summed E-state index contributed by atoms with van der Waals surface area (Å²) in [7, 11) is 0. The zero-order valence-electron chi connectivity index (χ0n) is 11.3. The smallest absolute Gasteiger partial charge is 0.335 e. The summed E-state index contributed by atoms with van der Waals surface area (Å²) in [6.07, 6.45) is 3.23. The first-order chi connectivity index (χ1) is 9.15. The molecule has 104 valence electrons. The highest BCUT2D eigenvalue weighted by atomic mass is 16.5. The van der Waals surface area contributed by atoms with Crippen molar-refractivity contribution >= 4 is 5.97 Å². The lowest BCUT2D eigenvalue weighted by molar-refractivity contribution is 0.0696. The van der Waals surface area contributed by atoms with Crippen molar-refractivity contribution in [3.63, 3.8) is 0 Å². The molecule has 0 aromatic heterocycles. The fourth-order valence-electron chi connectivity index (χ4n) is 2.61. The highest BCUT2D eigenvalue weighted by Gasteiger charge is 2.33. The predicted octanol–water partition coefficient (Wildman–Crippen LogP) is 2.43. The van der Waals surface area contributed by atoms with E-state index in [2.05, 4.69) is 12.2 Å². The average Bonchev–Trinajstić information content (AvgIpc) is 2.86. The second-order valence-corrected chi connectivity index (χ2v) is 5.19. The lowest BCUT2D eigenvalue weighted by Gasteiger charge is -2.28. The van der Waals surface area contributed by atoms with Gasteiger partial charge in [0.15, 0.2) is 0 Å². The van der Waals surface area contributed by atoms with E-state index >= 15 is 0 Å². The Morgan fingerprint density at radius 3 is 3.00 bits per heavy atom. The first-order valence-corrected chi connectivity index (χ1v) is 6.80. The molecule has 1 unspecified atom stereocenters. The topological polar surface area (TPSA) is 58.6 Å². The van der Waals surface area contributed by atoms with Gasteiger partial charge in [-0.2, -0.15) is 0 Å². The number of rotatable bonds is 6. The van der Waals surface area contributed by atoms with E-state index < -0.39 is 5.97 Å². The van der Waals surface area contributed by atoms with Crippen molar-refractivity contribution in [2.75, 3.05) is 13.2 Å². The van der Waals surface area contributed by atoms with E-state index in [0.717, 1.165) is 38.0 Å². The van der Waals surface area contributed by atoms with Crippen LogP contribution in [0.5, 0.6) is 0 Å². The zero-order chi connectivity index (χ0) is 13.7. The van der Waals surface area contributed by atoms with Crippen LogP contribution in [0.2, 0.25) is 0 Å². The molecular weight excluding hydrogens is 242 g/mol. The molecule has 1 aromatic rings. The number of nitrogens with one attached hydrogen (secondary N) is 1. The van der Waals surface area contributed by atoms with Crippen LogP contribution in [-0.4, -0.2) is 29.8 Å². The van der Waals surface area contributed by atoms with Gasteiger partial charge < -0.3 is 15.2 Å². The molecule has 1 fully saturated rings. The highest BCUT2D eigenvalue weighted by Crippen LogP contribution is 2.24. The number of ether oxygens (including phenoxy) is 1. The third-order valence-electron chi connectivity index (χ3n) is 3.67. The summed E-state index contributed by atoms with van der Waals surface area (Å²) in [5.41, 5.74) is 1.40. The molecular formula is C15H21NO3. The lowest BCUT2D eigenvalue weighted by Crippen LogP contribution is -2.45. The molecule has 1 aromatic carbocycles. The Balaban J connectivity index is 2.01. The summed E-state index contributed by atoms with van der Waals surface area (Å²) < 4.78 is 5.51. The maximum atomic E-state index is 10.9. The van der Waals surface area contributed by atoms with Crippen LogP contribution in [0.25, 0.3) is 0 Å². The van der Waals surface area contributed by atoms with Gasteiger partial charge >= 0.3 is 5.97 Å². The number of carbonyl (C=O) groups is 1. The van der Waals surface area contributed by atoms with E-state index in [-0.39, 0.29) is 5.54 Å². The fourth-order valence-corrected chi connectivity index (χ4v) is 2.61. The molecule has 0 amide bonds. The minimum Gasteiger partial charge on any atom is -0.478 e. The van der Waals surface area contributed by atoms with Crippen molar-refractivity contribution in [2.45, 2.75) is 38.3 Å². The standard InChI is InChI=1S/C15H21NO3/c1-2-6-15(7-8-19-11-15)16-10-12-4-3-5-13(9-12)14(17)18/h3-5,9,16H,2,6-8,10-11H2,1H3,(H,17,18). The molecule has 0 saturated carbocycles. The van der Waals surface area contributed by atoms with Crippen LogP contribution in [0.3, 0.4) is 0 Å². The SMILES string of the molecule is CCCC1(NCc2cccc(C(=O)O)c2)CCOC1. The van der Waals surface area contributed by atoms with Gasteiger partial charge in [-0.05, 0) is 30.5 Å². The molecule has 1 atom stereocenters. The molecule has 1 aliphatic heterocycles. The lowest BCUT2D eigenvalue weighted by atomic mass is 9.92. The number of aromatic carboxylic acids is 1. The normalized spacial score (nSPS) is 22.6. The van der Waals surface area contributed by atoms with Crippen molar-refractivity contribution < 1.29 is 14.6 Å². The van der Waals surface area contributed by atoms with Gasteiger partial charge in [0.05, 0.1) is 12.2 Å². The molecule has 1 aliphatic rings.